The van der Waals surface area contributed by atoms with Crippen LogP contribution in [0.2, 0.25) is 0 Å². The van der Waals surface area contributed by atoms with Crippen molar-refractivity contribution in [2.24, 2.45) is 0 Å². The second kappa shape index (κ2) is 7.41. The van der Waals surface area contributed by atoms with Crippen LogP contribution < -0.4 is 5.32 Å². The summed E-state index contributed by atoms with van der Waals surface area (Å²) in [7, 11) is 0. The number of rotatable bonds is 4. The molecular formula is C20H19N5O2. The zero-order valence-electron chi connectivity index (χ0n) is 14.7. The third-order valence-corrected chi connectivity index (χ3v) is 4.61. The number of hydrogen-bond acceptors (Lipinski definition) is 4. The van der Waals surface area contributed by atoms with E-state index in [1.165, 1.54) is 6.20 Å². The highest BCUT2D eigenvalue weighted by Crippen LogP contribution is 2.22. The van der Waals surface area contributed by atoms with Crippen LogP contribution >= 0.6 is 0 Å². The molecule has 27 heavy (non-hydrogen) atoms. The fourth-order valence-electron chi connectivity index (χ4n) is 3.31. The molecule has 0 bridgehead atoms. The molecule has 3 heterocycles. The van der Waals surface area contributed by atoms with Crippen LogP contribution in [-0.4, -0.2) is 44.1 Å². The smallest absolute Gasteiger partial charge is 0.256 e. The summed E-state index contributed by atoms with van der Waals surface area (Å²) in [5, 5.41) is 7.13. The first kappa shape index (κ1) is 17.0. The van der Waals surface area contributed by atoms with Crippen LogP contribution in [-0.2, 0) is 4.79 Å². The molecule has 0 saturated carbocycles. The predicted octanol–water partition coefficient (Wildman–Crippen LogP) is 2.51. The zero-order valence-corrected chi connectivity index (χ0v) is 14.7. The first-order chi connectivity index (χ1) is 13.2. The van der Waals surface area contributed by atoms with E-state index in [2.05, 4.69) is 15.4 Å². The van der Waals surface area contributed by atoms with Crippen molar-refractivity contribution in [2.45, 2.75) is 18.9 Å². The minimum atomic E-state index is -0.480. The van der Waals surface area contributed by atoms with Crippen LogP contribution in [0.4, 0.5) is 5.69 Å². The van der Waals surface area contributed by atoms with Crippen molar-refractivity contribution in [2.75, 3.05) is 11.9 Å². The van der Waals surface area contributed by atoms with Gasteiger partial charge in [-0.25, -0.2) is 4.68 Å². The van der Waals surface area contributed by atoms with Crippen LogP contribution in [0.15, 0.2) is 67.3 Å². The Balaban J connectivity index is 1.49. The summed E-state index contributed by atoms with van der Waals surface area (Å²) in [6.07, 6.45) is 8.15. The van der Waals surface area contributed by atoms with Crippen LogP contribution in [0, 0.1) is 0 Å². The molecule has 1 N–H and O–H groups in total. The van der Waals surface area contributed by atoms with Crippen LogP contribution in [0.5, 0.6) is 0 Å². The van der Waals surface area contributed by atoms with E-state index in [9.17, 15) is 9.59 Å². The Kier molecular flexibility index (Phi) is 4.65. The standard InChI is InChI=1S/C20H19N5O2/c26-19(23-16-6-1-7-17(13-16)25-12-4-10-22-25)18-8-3-11-24(18)20(27)15-5-2-9-21-14-15/h1-2,4-7,9-10,12-14,18H,3,8,11H2,(H,23,26). The molecule has 136 valence electrons. The van der Waals surface area contributed by atoms with Gasteiger partial charge in [0.05, 0.1) is 11.3 Å². The Labute approximate surface area is 156 Å². The number of carbonyl (C=O) groups excluding carboxylic acids is 2. The number of carbonyl (C=O) groups is 2. The van der Waals surface area contributed by atoms with E-state index >= 15 is 0 Å². The first-order valence-corrected chi connectivity index (χ1v) is 8.84. The average Bonchev–Trinajstić information content (AvgIpc) is 3.40. The monoisotopic (exact) mass is 361 g/mol. The summed E-state index contributed by atoms with van der Waals surface area (Å²) >= 11 is 0. The molecule has 2 aromatic heterocycles. The van der Waals surface area contributed by atoms with Gasteiger partial charge in [0.1, 0.15) is 6.04 Å². The van der Waals surface area contributed by atoms with Crippen LogP contribution in [0.3, 0.4) is 0 Å². The topological polar surface area (TPSA) is 80.1 Å². The van der Waals surface area contributed by atoms with Crippen LogP contribution in [0.1, 0.15) is 23.2 Å². The van der Waals surface area contributed by atoms with E-state index in [0.717, 1.165) is 12.1 Å². The zero-order chi connectivity index (χ0) is 18.6. The summed E-state index contributed by atoms with van der Waals surface area (Å²) in [6, 6.07) is 12.3. The minimum Gasteiger partial charge on any atom is -0.327 e. The Hall–Kier alpha value is -3.48. The van der Waals surface area contributed by atoms with Gasteiger partial charge >= 0.3 is 0 Å². The molecule has 2 amide bonds. The average molecular weight is 361 g/mol. The molecule has 1 aliphatic rings. The molecule has 4 rings (SSSR count). The van der Waals surface area contributed by atoms with E-state index in [1.54, 1.807) is 34.1 Å². The second-order valence-corrected chi connectivity index (χ2v) is 6.39. The maximum Gasteiger partial charge on any atom is 0.256 e. The predicted molar refractivity (Wildman–Crippen MR) is 100 cm³/mol. The van der Waals surface area contributed by atoms with Crippen molar-refractivity contribution in [3.63, 3.8) is 0 Å². The Morgan fingerprint density at radius 2 is 2.04 bits per heavy atom. The third kappa shape index (κ3) is 3.57. The number of pyridine rings is 1. The summed E-state index contributed by atoms with van der Waals surface area (Å²) < 4.78 is 1.73. The molecule has 1 atom stereocenters. The van der Waals surface area contributed by atoms with Gasteiger partial charge in [-0.1, -0.05) is 6.07 Å². The lowest BCUT2D eigenvalue weighted by Crippen LogP contribution is -2.43. The lowest BCUT2D eigenvalue weighted by atomic mass is 10.1. The largest absolute Gasteiger partial charge is 0.327 e. The molecule has 3 aromatic rings. The molecule has 7 heteroatoms. The van der Waals surface area contributed by atoms with E-state index in [1.807, 2.05) is 36.5 Å². The minimum absolute atomic E-state index is 0.161. The second-order valence-electron chi connectivity index (χ2n) is 6.39. The van der Waals surface area contributed by atoms with Gasteiger partial charge in [0.25, 0.3) is 5.91 Å². The maximum absolute atomic E-state index is 12.8. The Morgan fingerprint density at radius 3 is 2.81 bits per heavy atom. The third-order valence-electron chi connectivity index (χ3n) is 4.61. The summed E-state index contributed by atoms with van der Waals surface area (Å²) in [5.74, 6) is -0.339. The van der Waals surface area contributed by atoms with Gasteiger partial charge in [-0.3, -0.25) is 14.6 Å². The summed E-state index contributed by atoms with van der Waals surface area (Å²) in [6.45, 7) is 0.569. The van der Waals surface area contributed by atoms with Crippen molar-refractivity contribution >= 4 is 17.5 Å². The van der Waals surface area contributed by atoms with Gasteiger partial charge in [-0.15, -0.1) is 0 Å². The number of aromatic nitrogens is 3. The maximum atomic E-state index is 12.8. The van der Waals surface area contributed by atoms with Crippen molar-refractivity contribution < 1.29 is 9.59 Å². The van der Waals surface area contributed by atoms with E-state index in [-0.39, 0.29) is 11.8 Å². The highest BCUT2D eigenvalue weighted by atomic mass is 16.2. The molecule has 0 spiro atoms. The highest BCUT2D eigenvalue weighted by molar-refractivity contribution is 6.01. The number of benzene rings is 1. The first-order valence-electron chi connectivity index (χ1n) is 8.84. The lowest BCUT2D eigenvalue weighted by Gasteiger charge is -2.24. The van der Waals surface area contributed by atoms with Gasteiger partial charge in [-0.2, -0.15) is 5.10 Å². The molecule has 1 unspecified atom stereocenters. The number of hydrogen-bond donors (Lipinski definition) is 1. The molecule has 1 saturated heterocycles. The molecular weight excluding hydrogens is 342 g/mol. The highest BCUT2D eigenvalue weighted by Gasteiger charge is 2.34. The summed E-state index contributed by atoms with van der Waals surface area (Å²) in [5.41, 5.74) is 2.03. The molecule has 1 aliphatic heterocycles. The van der Waals surface area contributed by atoms with Gasteiger partial charge in [0, 0.05) is 37.0 Å². The van der Waals surface area contributed by atoms with E-state index < -0.39 is 6.04 Å². The number of likely N-dealkylation sites (tertiary alicyclic amines) is 1. The van der Waals surface area contributed by atoms with Gasteiger partial charge in [-0.05, 0) is 49.2 Å². The number of anilines is 1. The van der Waals surface area contributed by atoms with Gasteiger partial charge in [0.15, 0.2) is 0 Å². The number of nitrogens with one attached hydrogen (secondary N) is 1. The summed E-state index contributed by atoms with van der Waals surface area (Å²) in [4.78, 5) is 31.2. The number of amides is 2. The van der Waals surface area contributed by atoms with Crippen molar-refractivity contribution in [1.82, 2.24) is 19.7 Å². The quantitative estimate of drug-likeness (QED) is 0.774. The molecule has 1 fully saturated rings. The van der Waals surface area contributed by atoms with Gasteiger partial charge in [0.2, 0.25) is 5.91 Å². The van der Waals surface area contributed by atoms with Crippen molar-refractivity contribution in [3.8, 4) is 5.69 Å². The number of nitrogens with zero attached hydrogens (tertiary/aromatic N) is 4. The van der Waals surface area contributed by atoms with E-state index in [4.69, 9.17) is 0 Å². The van der Waals surface area contributed by atoms with E-state index in [0.29, 0.717) is 24.2 Å². The SMILES string of the molecule is O=C(Nc1cccc(-n2cccn2)c1)C1CCCN1C(=O)c1cccnc1. The lowest BCUT2D eigenvalue weighted by molar-refractivity contribution is -0.119. The van der Waals surface area contributed by atoms with Crippen LogP contribution in [0.25, 0.3) is 5.69 Å². The molecule has 0 aliphatic carbocycles. The van der Waals surface area contributed by atoms with Crippen molar-refractivity contribution in [3.05, 3.63) is 72.8 Å². The van der Waals surface area contributed by atoms with Gasteiger partial charge < -0.3 is 10.2 Å². The molecule has 1 aromatic carbocycles. The fraction of sp³-hybridized carbons (Fsp3) is 0.200. The normalized spacial score (nSPS) is 16.3. The molecule has 7 nitrogen and oxygen atoms in total. The fourth-order valence-corrected chi connectivity index (χ4v) is 3.31. The molecule has 0 radical (unpaired) electrons. The Bertz CT molecular complexity index is 940. The van der Waals surface area contributed by atoms with Crippen molar-refractivity contribution in [1.29, 1.82) is 0 Å². The Morgan fingerprint density at radius 1 is 1.11 bits per heavy atom.